The van der Waals surface area contributed by atoms with Crippen LogP contribution in [0.4, 0.5) is 11.9 Å². The van der Waals surface area contributed by atoms with Gasteiger partial charge < -0.3 is 14.5 Å². The van der Waals surface area contributed by atoms with Crippen molar-refractivity contribution in [1.82, 2.24) is 34.6 Å². The fraction of sp³-hybridized carbons (Fsp3) is 0.320. The van der Waals surface area contributed by atoms with E-state index in [4.69, 9.17) is 4.74 Å². The van der Waals surface area contributed by atoms with Crippen LogP contribution in [0.5, 0.6) is 11.6 Å². The Kier molecular flexibility index (Phi) is 6.95. The number of aryl methyl sites for hydroxylation is 3. The Bertz CT molecular complexity index is 1530. The highest BCUT2D eigenvalue weighted by molar-refractivity contribution is 7.92. The van der Waals surface area contributed by atoms with E-state index >= 15 is 0 Å². The maximum absolute atomic E-state index is 13.0. The number of benzene rings is 1. The van der Waals surface area contributed by atoms with Crippen LogP contribution in [0.3, 0.4) is 0 Å². The quantitative estimate of drug-likeness (QED) is 0.377. The molecule has 13 heteroatoms. The Hall–Kier alpha value is -4.10. The van der Waals surface area contributed by atoms with Gasteiger partial charge in [0.1, 0.15) is 4.90 Å². The third kappa shape index (κ3) is 5.58. The second-order valence-corrected chi connectivity index (χ2v) is 10.9. The van der Waals surface area contributed by atoms with E-state index < -0.39 is 10.0 Å². The number of anilines is 2. The summed E-state index contributed by atoms with van der Waals surface area (Å²) >= 11 is 0. The molecule has 0 unspecified atom stereocenters. The molecule has 1 aromatic carbocycles. The smallest absolute Gasteiger partial charge is 0.267 e. The van der Waals surface area contributed by atoms with Gasteiger partial charge in [0.2, 0.25) is 17.8 Å². The molecule has 1 saturated heterocycles. The van der Waals surface area contributed by atoms with Crippen molar-refractivity contribution in [2.75, 3.05) is 42.8 Å². The molecule has 4 heterocycles. The van der Waals surface area contributed by atoms with Gasteiger partial charge in [0.05, 0.1) is 24.3 Å². The van der Waals surface area contributed by atoms with Crippen LogP contribution in [-0.4, -0.2) is 76.3 Å². The number of nitrogens with one attached hydrogen (secondary N) is 1. The Morgan fingerprint density at radius 2 is 1.63 bits per heavy atom. The average molecular weight is 536 g/mol. The summed E-state index contributed by atoms with van der Waals surface area (Å²) in [7, 11) is -0.240. The summed E-state index contributed by atoms with van der Waals surface area (Å²) in [5.74, 6) is 1.03. The number of aromatic nitrogens is 6. The second kappa shape index (κ2) is 10.3. The zero-order valence-electron chi connectivity index (χ0n) is 21.7. The Morgan fingerprint density at radius 3 is 2.26 bits per heavy atom. The largest absolute Gasteiger partial charge is 0.436 e. The first-order valence-electron chi connectivity index (χ1n) is 12.1. The summed E-state index contributed by atoms with van der Waals surface area (Å²) in [5.41, 5.74) is 3.35. The standard InChI is InChI=1S/C25H29N9O3S/c1-17-6-5-7-18(2)23(17)21-12-22(30-24(29-21)31-38(35,36)20-15-28-33(4)16-20)37-19-13-26-25(27-14-19)34-10-8-32(3)9-11-34/h5-7,12-16H,8-11H2,1-4H3,(H,29,30,31). The van der Waals surface area contributed by atoms with E-state index in [1.54, 1.807) is 25.5 Å². The minimum atomic E-state index is -3.97. The molecule has 4 aromatic rings. The molecule has 0 atom stereocenters. The lowest BCUT2D eigenvalue weighted by molar-refractivity contribution is 0.311. The van der Waals surface area contributed by atoms with Gasteiger partial charge in [0.15, 0.2) is 5.75 Å². The second-order valence-electron chi connectivity index (χ2n) is 9.25. The van der Waals surface area contributed by atoms with Crippen LogP contribution in [0.15, 0.2) is 53.9 Å². The summed E-state index contributed by atoms with van der Waals surface area (Å²) in [6.07, 6.45) is 5.82. The summed E-state index contributed by atoms with van der Waals surface area (Å²) in [4.78, 5) is 22.2. The molecule has 0 spiro atoms. The molecule has 198 valence electrons. The van der Waals surface area contributed by atoms with Gasteiger partial charge in [0.25, 0.3) is 10.0 Å². The summed E-state index contributed by atoms with van der Waals surface area (Å²) in [6, 6.07) is 7.56. The van der Waals surface area contributed by atoms with Crippen LogP contribution >= 0.6 is 0 Å². The first-order valence-corrected chi connectivity index (χ1v) is 13.6. The van der Waals surface area contributed by atoms with E-state index in [9.17, 15) is 8.42 Å². The molecule has 0 bridgehead atoms. The fourth-order valence-electron chi connectivity index (χ4n) is 4.24. The van der Waals surface area contributed by atoms with E-state index in [1.807, 2.05) is 32.0 Å². The van der Waals surface area contributed by atoms with E-state index in [-0.39, 0.29) is 16.7 Å². The van der Waals surface area contributed by atoms with Crippen LogP contribution in [0.25, 0.3) is 11.3 Å². The predicted molar refractivity (Wildman–Crippen MR) is 143 cm³/mol. The molecule has 12 nitrogen and oxygen atoms in total. The van der Waals surface area contributed by atoms with Crippen molar-refractivity contribution in [2.45, 2.75) is 18.7 Å². The van der Waals surface area contributed by atoms with Gasteiger partial charge in [-0.05, 0) is 32.0 Å². The number of piperazine rings is 1. The SMILES string of the molecule is Cc1cccc(C)c1-c1cc(Oc2cnc(N3CCN(C)CC3)nc2)nc(NS(=O)(=O)c2cnn(C)c2)n1. The molecule has 38 heavy (non-hydrogen) atoms. The van der Waals surface area contributed by atoms with Gasteiger partial charge in [-0.1, -0.05) is 18.2 Å². The first-order chi connectivity index (χ1) is 18.2. The average Bonchev–Trinajstić information content (AvgIpc) is 3.32. The normalized spacial score (nSPS) is 14.5. The number of hydrogen-bond donors (Lipinski definition) is 1. The van der Waals surface area contributed by atoms with E-state index in [0.29, 0.717) is 17.4 Å². The highest BCUT2D eigenvalue weighted by Gasteiger charge is 2.21. The van der Waals surface area contributed by atoms with Gasteiger partial charge in [0, 0.05) is 51.1 Å². The molecule has 1 aliphatic heterocycles. The van der Waals surface area contributed by atoms with Gasteiger partial charge in [-0.3, -0.25) is 4.68 Å². The van der Waals surface area contributed by atoms with Crippen molar-refractivity contribution in [3.8, 4) is 22.9 Å². The van der Waals surface area contributed by atoms with Crippen LogP contribution < -0.4 is 14.4 Å². The lowest BCUT2D eigenvalue weighted by atomic mass is 10.00. The molecule has 0 aliphatic carbocycles. The van der Waals surface area contributed by atoms with Crippen molar-refractivity contribution in [1.29, 1.82) is 0 Å². The number of sulfonamides is 1. The molecule has 1 N–H and O–H groups in total. The number of ether oxygens (including phenoxy) is 1. The zero-order valence-corrected chi connectivity index (χ0v) is 22.5. The predicted octanol–water partition coefficient (Wildman–Crippen LogP) is 2.63. The summed E-state index contributed by atoms with van der Waals surface area (Å²) in [5, 5.41) is 3.94. The molecule has 0 radical (unpaired) electrons. The lowest BCUT2D eigenvalue weighted by Crippen LogP contribution is -2.45. The molecule has 1 fully saturated rings. The van der Waals surface area contributed by atoms with Crippen molar-refractivity contribution in [3.05, 3.63) is 60.2 Å². The molecule has 3 aromatic heterocycles. The molecular weight excluding hydrogens is 506 g/mol. The molecule has 0 saturated carbocycles. The maximum atomic E-state index is 13.0. The minimum Gasteiger partial charge on any atom is -0.436 e. The van der Waals surface area contributed by atoms with Gasteiger partial charge in [-0.25, -0.2) is 28.1 Å². The maximum Gasteiger partial charge on any atom is 0.267 e. The van der Waals surface area contributed by atoms with Crippen LogP contribution in [0.2, 0.25) is 0 Å². The third-order valence-corrected chi connectivity index (χ3v) is 7.56. The Morgan fingerprint density at radius 1 is 0.947 bits per heavy atom. The zero-order chi connectivity index (χ0) is 26.9. The first kappa shape index (κ1) is 25.5. The van der Waals surface area contributed by atoms with E-state index in [2.05, 4.69) is 46.6 Å². The monoisotopic (exact) mass is 535 g/mol. The van der Waals surface area contributed by atoms with Crippen LogP contribution in [-0.2, 0) is 17.1 Å². The molecule has 1 aliphatic rings. The molecular formula is C25H29N9O3S. The number of nitrogens with zero attached hydrogens (tertiary/aromatic N) is 8. The Balaban J connectivity index is 1.47. The van der Waals surface area contributed by atoms with Gasteiger partial charge in [-0.2, -0.15) is 10.1 Å². The fourth-order valence-corrected chi connectivity index (χ4v) is 5.17. The topological polar surface area (TPSA) is 131 Å². The summed E-state index contributed by atoms with van der Waals surface area (Å²) in [6.45, 7) is 7.53. The third-order valence-electron chi connectivity index (χ3n) is 6.28. The van der Waals surface area contributed by atoms with Crippen LogP contribution in [0, 0.1) is 13.8 Å². The van der Waals surface area contributed by atoms with Gasteiger partial charge >= 0.3 is 0 Å². The van der Waals surface area contributed by atoms with E-state index in [1.165, 1.54) is 17.1 Å². The van der Waals surface area contributed by atoms with Crippen molar-refractivity contribution >= 4 is 21.9 Å². The number of rotatable bonds is 7. The number of hydrogen-bond acceptors (Lipinski definition) is 10. The Labute approximate surface area is 221 Å². The molecule has 0 amide bonds. The number of likely N-dealkylation sites (N-methyl/N-ethyl adjacent to an activating group) is 1. The highest BCUT2D eigenvalue weighted by atomic mass is 32.2. The summed E-state index contributed by atoms with van der Waals surface area (Å²) < 4.78 is 35.8. The molecule has 5 rings (SSSR count). The van der Waals surface area contributed by atoms with Crippen molar-refractivity contribution in [3.63, 3.8) is 0 Å². The van der Waals surface area contributed by atoms with E-state index in [0.717, 1.165) is 42.9 Å². The highest BCUT2D eigenvalue weighted by Crippen LogP contribution is 2.31. The van der Waals surface area contributed by atoms with Crippen molar-refractivity contribution < 1.29 is 13.2 Å². The lowest BCUT2D eigenvalue weighted by Gasteiger charge is -2.32. The minimum absolute atomic E-state index is 0.00330. The van der Waals surface area contributed by atoms with Crippen LogP contribution in [0.1, 0.15) is 11.1 Å². The van der Waals surface area contributed by atoms with Crippen molar-refractivity contribution in [2.24, 2.45) is 7.05 Å². The van der Waals surface area contributed by atoms with Gasteiger partial charge in [-0.15, -0.1) is 0 Å².